The van der Waals surface area contributed by atoms with Gasteiger partial charge in [-0.05, 0) is 6.42 Å². The number of carbonyl (C=O) groups is 1. The van der Waals surface area contributed by atoms with E-state index in [0.29, 0.717) is 0 Å². The van der Waals surface area contributed by atoms with Crippen LogP contribution >= 0.6 is 7.82 Å². The maximum atomic E-state index is 10.4. The van der Waals surface area contributed by atoms with Crippen molar-refractivity contribution in [1.82, 2.24) is 9.55 Å². The topological polar surface area (TPSA) is 111 Å². The predicted octanol–water partition coefficient (Wildman–Crippen LogP) is 1.69. The van der Waals surface area contributed by atoms with Gasteiger partial charge in [-0.25, -0.2) is 9.55 Å². The molecule has 20 heavy (non-hydrogen) atoms. The Hall–Kier alpha value is -1.21. The molecule has 1 heterocycles. The predicted molar refractivity (Wildman–Crippen MR) is 72.3 cm³/mol. The second-order valence-corrected chi connectivity index (χ2v) is 5.47. The third-order valence-corrected chi connectivity index (χ3v) is 3.25. The van der Waals surface area contributed by atoms with E-state index >= 15 is 0 Å². The van der Waals surface area contributed by atoms with Gasteiger partial charge in [0.15, 0.2) is 0 Å². The first kappa shape index (κ1) is 18.8. The van der Waals surface area contributed by atoms with Crippen LogP contribution in [-0.4, -0.2) is 39.7 Å². The summed E-state index contributed by atoms with van der Waals surface area (Å²) < 4.78 is 19.7. The van der Waals surface area contributed by atoms with Crippen molar-refractivity contribution in [2.45, 2.75) is 32.7 Å². The van der Waals surface area contributed by atoms with E-state index in [9.17, 15) is 9.36 Å². The molecule has 116 valence electrons. The van der Waals surface area contributed by atoms with Crippen LogP contribution in [0.5, 0.6) is 0 Å². The van der Waals surface area contributed by atoms with Gasteiger partial charge in [-0.1, -0.05) is 13.3 Å². The summed E-state index contributed by atoms with van der Waals surface area (Å²) in [5, 5.41) is 8.59. The molecule has 0 fully saturated rings. The van der Waals surface area contributed by atoms with Crippen molar-refractivity contribution in [3.63, 3.8) is 0 Å². The van der Waals surface area contributed by atoms with Crippen LogP contribution in [-0.2, 0) is 31.4 Å². The Morgan fingerprint density at radius 1 is 1.45 bits per heavy atom. The fraction of sp³-hybridized carbons (Fsp3) is 0.636. The van der Waals surface area contributed by atoms with Crippen molar-refractivity contribution >= 4 is 13.8 Å². The first-order chi connectivity index (χ1) is 9.36. The molecule has 0 radical (unpaired) electrons. The number of carboxylic acid groups (broad SMARTS) is 1. The number of aromatic nitrogens is 2. The number of aryl methyl sites for hydroxylation is 1. The Bertz CT molecular complexity index is 440. The lowest BCUT2D eigenvalue weighted by Gasteiger charge is -2.03. The molecular formula is C11H21N2O6P. The molecule has 0 saturated heterocycles. The average Bonchev–Trinajstić information content (AvgIpc) is 2.83. The molecule has 0 aliphatic rings. The molecule has 9 heteroatoms. The average molecular weight is 308 g/mol. The molecule has 8 nitrogen and oxygen atoms in total. The van der Waals surface area contributed by atoms with Gasteiger partial charge in [-0.2, -0.15) is 0 Å². The van der Waals surface area contributed by atoms with E-state index < -0.39 is 13.8 Å². The summed E-state index contributed by atoms with van der Waals surface area (Å²) in [7, 11) is -1.45. The lowest BCUT2D eigenvalue weighted by molar-refractivity contribution is -0.137. The summed E-state index contributed by atoms with van der Waals surface area (Å²) in [5.41, 5.74) is 0. The molecule has 0 saturated carbocycles. The molecule has 1 aromatic rings. The Morgan fingerprint density at radius 2 is 2.05 bits per heavy atom. The van der Waals surface area contributed by atoms with Gasteiger partial charge in [0.25, 0.3) is 0 Å². The van der Waals surface area contributed by atoms with Gasteiger partial charge in [0.05, 0.1) is 0 Å². The van der Waals surface area contributed by atoms with Crippen LogP contribution in [0.25, 0.3) is 0 Å². The Labute approximate surface area is 118 Å². The van der Waals surface area contributed by atoms with Crippen molar-refractivity contribution in [2.75, 3.05) is 14.2 Å². The van der Waals surface area contributed by atoms with Gasteiger partial charge in [0.2, 0.25) is 0 Å². The summed E-state index contributed by atoms with van der Waals surface area (Å²) in [4.78, 5) is 22.8. The van der Waals surface area contributed by atoms with Crippen LogP contribution in [0.4, 0.5) is 0 Å². The molecule has 0 unspecified atom stereocenters. The van der Waals surface area contributed by atoms with E-state index in [4.69, 9.17) is 10.00 Å². The summed E-state index contributed by atoms with van der Waals surface area (Å²) in [6, 6.07) is 0. The van der Waals surface area contributed by atoms with E-state index in [-0.39, 0.29) is 6.54 Å². The summed E-state index contributed by atoms with van der Waals surface area (Å²) >= 11 is 0. The minimum atomic E-state index is -3.65. The molecule has 0 aliphatic carbocycles. The number of aliphatic carboxylic acids is 1. The van der Waals surface area contributed by atoms with Crippen molar-refractivity contribution in [3.05, 3.63) is 18.2 Å². The first-order valence-electron chi connectivity index (χ1n) is 6.02. The number of unbranched alkanes of at least 4 members (excludes halogenated alkanes) is 1. The third-order valence-electron chi connectivity index (χ3n) is 2.32. The van der Waals surface area contributed by atoms with Crippen LogP contribution in [0.3, 0.4) is 0 Å². The molecule has 1 aromatic heterocycles. The Balaban J connectivity index is 0.000000441. The van der Waals surface area contributed by atoms with Crippen LogP contribution in [0.2, 0.25) is 0 Å². The van der Waals surface area contributed by atoms with Gasteiger partial charge in [0.1, 0.15) is 12.4 Å². The maximum Gasteiger partial charge on any atom is 0.471 e. The van der Waals surface area contributed by atoms with Crippen molar-refractivity contribution < 1.29 is 28.4 Å². The highest BCUT2D eigenvalue weighted by Gasteiger charge is 2.13. The second-order valence-electron chi connectivity index (χ2n) is 3.80. The number of imidazole rings is 1. The van der Waals surface area contributed by atoms with Crippen LogP contribution in [0, 0.1) is 0 Å². The number of phosphoric acid groups is 1. The quantitative estimate of drug-likeness (QED) is 0.737. The minimum Gasteiger partial charge on any atom is -0.480 e. The van der Waals surface area contributed by atoms with Crippen LogP contribution in [0.15, 0.2) is 12.4 Å². The zero-order valence-electron chi connectivity index (χ0n) is 11.9. The van der Waals surface area contributed by atoms with E-state index in [1.165, 1.54) is 0 Å². The fourth-order valence-electron chi connectivity index (χ4n) is 1.27. The van der Waals surface area contributed by atoms with Gasteiger partial charge >= 0.3 is 13.8 Å². The van der Waals surface area contributed by atoms with Gasteiger partial charge in [-0.15, -0.1) is 0 Å². The monoisotopic (exact) mass is 308 g/mol. The number of nitrogens with zero attached hydrogens (tertiary/aromatic N) is 2. The number of phosphoric ester groups is 1. The highest BCUT2D eigenvalue weighted by atomic mass is 31.2. The summed E-state index contributed by atoms with van der Waals surface area (Å²) in [6.07, 6.45) is 6.36. The fourth-order valence-corrected chi connectivity index (χ4v) is 1.42. The van der Waals surface area contributed by atoms with Crippen molar-refractivity contribution in [3.8, 4) is 0 Å². The normalized spacial score (nSPS) is 10.8. The maximum absolute atomic E-state index is 10.4. The third kappa shape index (κ3) is 8.06. The van der Waals surface area contributed by atoms with Gasteiger partial charge < -0.3 is 14.6 Å². The lowest BCUT2D eigenvalue weighted by atomic mass is 10.2. The lowest BCUT2D eigenvalue weighted by Crippen LogP contribution is -2.11. The van der Waals surface area contributed by atoms with Crippen LogP contribution < -0.4 is 0 Å². The first-order valence-corrected chi connectivity index (χ1v) is 7.51. The molecule has 0 aromatic carbocycles. The molecule has 1 rings (SSSR count). The van der Waals surface area contributed by atoms with Crippen molar-refractivity contribution in [1.29, 1.82) is 0 Å². The smallest absolute Gasteiger partial charge is 0.471 e. The number of rotatable bonds is 7. The summed E-state index contributed by atoms with van der Waals surface area (Å²) in [5.74, 6) is 0.0417. The zero-order valence-corrected chi connectivity index (χ0v) is 12.7. The van der Waals surface area contributed by atoms with Gasteiger partial charge in [0, 0.05) is 33.0 Å². The van der Waals surface area contributed by atoms with Crippen LogP contribution in [0.1, 0.15) is 25.6 Å². The number of hydrogen-bond acceptors (Lipinski definition) is 5. The molecule has 0 atom stereocenters. The van der Waals surface area contributed by atoms with Crippen molar-refractivity contribution in [2.24, 2.45) is 0 Å². The Kier molecular flexibility index (Phi) is 9.07. The molecule has 0 amide bonds. The second kappa shape index (κ2) is 9.66. The molecule has 0 spiro atoms. The van der Waals surface area contributed by atoms with E-state index in [1.807, 2.05) is 0 Å². The molecule has 0 aliphatic heterocycles. The van der Waals surface area contributed by atoms with Gasteiger partial charge in [-0.3, -0.25) is 13.8 Å². The standard InChI is InChI=1S/C9H14N2O2.C2H7O4P/c1-2-3-4-8-10-5-6-11(8)7-9(12)13;1-5-7(3,4)6-2/h5-6H,2-4,7H2,1H3,(H,12,13);1-2H3,(H,3,4). The molecule has 0 bridgehead atoms. The largest absolute Gasteiger partial charge is 0.480 e. The summed E-state index contributed by atoms with van der Waals surface area (Å²) in [6.45, 7) is 2.11. The number of hydrogen-bond donors (Lipinski definition) is 2. The van der Waals surface area contributed by atoms with E-state index in [2.05, 4.69) is 21.0 Å². The van der Waals surface area contributed by atoms with E-state index in [1.54, 1.807) is 17.0 Å². The SMILES string of the molecule is CCCCc1nccn1CC(=O)O.COP(=O)(O)OC. The van der Waals surface area contributed by atoms with E-state index in [0.717, 1.165) is 39.3 Å². The number of carboxylic acids is 1. The molecular weight excluding hydrogens is 287 g/mol. The zero-order chi connectivity index (χ0) is 15.6. The minimum absolute atomic E-state index is 0.0129. The highest BCUT2D eigenvalue weighted by molar-refractivity contribution is 7.47. The highest BCUT2D eigenvalue weighted by Crippen LogP contribution is 2.40. The molecule has 2 N–H and O–H groups in total. The Morgan fingerprint density at radius 3 is 2.45 bits per heavy atom.